The standard InChI is InChI=1S/C17H14N4O7/c1-17(2)16(23)19-13-7-10(3-4-14(13)28-17)18-15(22)9-5-11(20(24)25)8-12(6-9)21(26)27/h3-8H,1-2H3,(H,18,22)(H,19,23). The number of amides is 2. The van der Waals surface area contributed by atoms with Crippen molar-refractivity contribution < 1.29 is 24.2 Å². The Labute approximate surface area is 157 Å². The van der Waals surface area contributed by atoms with Crippen molar-refractivity contribution in [2.45, 2.75) is 19.4 Å². The van der Waals surface area contributed by atoms with E-state index in [1.165, 1.54) is 12.1 Å². The van der Waals surface area contributed by atoms with Crippen LogP contribution in [0.2, 0.25) is 0 Å². The molecule has 0 fully saturated rings. The Morgan fingerprint density at radius 1 is 1.07 bits per heavy atom. The second kappa shape index (κ2) is 6.61. The third-order valence-electron chi connectivity index (χ3n) is 3.98. The quantitative estimate of drug-likeness (QED) is 0.605. The van der Waals surface area contributed by atoms with E-state index in [1.807, 2.05) is 0 Å². The molecule has 1 heterocycles. The number of fused-ring (bicyclic) bond motifs is 1. The molecule has 2 amide bonds. The van der Waals surface area contributed by atoms with E-state index in [1.54, 1.807) is 19.9 Å². The van der Waals surface area contributed by atoms with Crippen LogP contribution in [-0.4, -0.2) is 27.3 Å². The lowest BCUT2D eigenvalue weighted by Crippen LogP contribution is -2.45. The molecular weight excluding hydrogens is 372 g/mol. The van der Waals surface area contributed by atoms with Crippen LogP contribution in [0.1, 0.15) is 24.2 Å². The molecule has 0 bridgehead atoms. The van der Waals surface area contributed by atoms with E-state index in [2.05, 4.69) is 10.6 Å². The average Bonchev–Trinajstić information content (AvgIpc) is 2.62. The van der Waals surface area contributed by atoms with Crippen LogP contribution in [-0.2, 0) is 4.79 Å². The van der Waals surface area contributed by atoms with Crippen LogP contribution in [0, 0.1) is 20.2 Å². The van der Waals surface area contributed by atoms with E-state index in [0.717, 1.165) is 18.2 Å². The molecule has 3 rings (SSSR count). The van der Waals surface area contributed by atoms with Crippen LogP contribution in [0.5, 0.6) is 5.75 Å². The molecule has 0 radical (unpaired) electrons. The molecule has 1 aliphatic heterocycles. The summed E-state index contributed by atoms with van der Waals surface area (Å²) in [5.74, 6) is -0.735. The summed E-state index contributed by atoms with van der Waals surface area (Å²) in [4.78, 5) is 44.7. The molecule has 0 saturated heterocycles. The summed E-state index contributed by atoms with van der Waals surface area (Å²) in [5.41, 5.74) is -1.84. The fraction of sp³-hybridized carbons (Fsp3) is 0.176. The number of hydrogen-bond acceptors (Lipinski definition) is 7. The number of rotatable bonds is 4. The van der Waals surface area contributed by atoms with Crippen LogP contribution in [0.3, 0.4) is 0 Å². The van der Waals surface area contributed by atoms with Gasteiger partial charge in [-0.2, -0.15) is 0 Å². The fourth-order valence-electron chi connectivity index (χ4n) is 2.53. The number of nitro benzene ring substituents is 2. The van der Waals surface area contributed by atoms with Crippen LogP contribution in [0.4, 0.5) is 22.7 Å². The lowest BCUT2D eigenvalue weighted by atomic mass is 10.1. The number of hydrogen-bond donors (Lipinski definition) is 2. The predicted molar refractivity (Wildman–Crippen MR) is 97.5 cm³/mol. The Balaban J connectivity index is 1.88. The molecule has 0 aromatic heterocycles. The van der Waals surface area contributed by atoms with Crippen molar-refractivity contribution in [3.05, 3.63) is 62.2 Å². The van der Waals surface area contributed by atoms with E-state index < -0.39 is 32.7 Å². The molecule has 0 saturated carbocycles. The van der Waals surface area contributed by atoms with Crippen molar-refractivity contribution >= 4 is 34.6 Å². The Morgan fingerprint density at radius 3 is 2.25 bits per heavy atom. The van der Waals surface area contributed by atoms with Crippen LogP contribution in [0.25, 0.3) is 0 Å². The molecule has 144 valence electrons. The number of nitrogens with zero attached hydrogens (tertiary/aromatic N) is 2. The largest absolute Gasteiger partial charge is 0.476 e. The van der Waals surface area contributed by atoms with Crippen molar-refractivity contribution in [3.8, 4) is 5.75 Å². The highest BCUT2D eigenvalue weighted by molar-refractivity contribution is 6.06. The molecule has 0 spiro atoms. The smallest absolute Gasteiger partial charge is 0.277 e. The number of carbonyl (C=O) groups excluding carboxylic acids is 2. The number of nitrogens with one attached hydrogen (secondary N) is 2. The van der Waals surface area contributed by atoms with Gasteiger partial charge >= 0.3 is 0 Å². The Kier molecular flexibility index (Phi) is 4.43. The maximum Gasteiger partial charge on any atom is 0.277 e. The minimum absolute atomic E-state index is 0.250. The first-order valence-electron chi connectivity index (χ1n) is 7.96. The summed E-state index contributed by atoms with van der Waals surface area (Å²) in [6, 6.07) is 7.15. The highest BCUT2D eigenvalue weighted by Crippen LogP contribution is 2.35. The molecule has 1 aliphatic rings. The number of carbonyl (C=O) groups is 2. The highest BCUT2D eigenvalue weighted by atomic mass is 16.6. The van der Waals surface area contributed by atoms with Crippen LogP contribution >= 0.6 is 0 Å². The van der Waals surface area contributed by atoms with Crippen LogP contribution < -0.4 is 15.4 Å². The molecular formula is C17H14N4O7. The minimum Gasteiger partial charge on any atom is -0.476 e. The van der Waals surface area contributed by atoms with Gasteiger partial charge in [0.2, 0.25) is 0 Å². The summed E-state index contributed by atoms with van der Waals surface area (Å²) in [5, 5.41) is 27.0. The van der Waals surface area contributed by atoms with Crippen LogP contribution in [0.15, 0.2) is 36.4 Å². The van der Waals surface area contributed by atoms with Gasteiger partial charge in [0.15, 0.2) is 5.60 Å². The molecule has 0 unspecified atom stereocenters. The maximum absolute atomic E-state index is 12.4. The van der Waals surface area contributed by atoms with Crippen molar-refractivity contribution in [3.63, 3.8) is 0 Å². The first-order valence-corrected chi connectivity index (χ1v) is 7.96. The van der Waals surface area contributed by atoms with Crippen molar-refractivity contribution in [1.29, 1.82) is 0 Å². The molecule has 2 N–H and O–H groups in total. The van der Waals surface area contributed by atoms with Crippen molar-refractivity contribution in [2.24, 2.45) is 0 Å². The van der Waals surface area contributed by atoms with Gasteiger partial charge in [-0.25, -0.2) is 0 Å². The number of anilines is 2. The van der Waals surface area contributed by atoms with E-state index in [9.17, 15) is 29.8 Å². The SMILES string of the molecule is CC1(C)Oc2ccc(NC(=O)c3cc([N+](=O)[O-])cc([N+](=O)[O-])c3)cc2NC1=O. The molecule has 2 aromatic rings. The third kappa shape index (κ3) is 3.58. The fourth-order valence-corrected chi connectivity index (χ4v) is 2.53. The zero-order chi connectivity index (χ0) is 20.6. The minimum atomic E-state index is -1.04. The van der Waals surface area contributed by atoms with Crippen molar-refractivity contribution in [1.82, 2.24) is 0 Å². The topological polar surface area (TPSA) is 154 Å². The number of nitro groups is 2. The van der Waals surface area contributed by atoms with Gasteiger partial charge in [-0.05, 0) is 32.0 Å². The van der Waals surface area contributed by atoms with Gasteiger partial charge in [-0.3, -0.25) is 29.8 Å². The molecule has 11 nitrogen and oxygen atoms in total. The summed E-state index contributed by atoms with van der Waals surface area (Å²) < 4.78 is 5.59. The van der Waals surface area contributed by atoms with E-state index in [-0.39, 0.29) is 17.2 Å². The molecule has 0 atom stereocenters. The van der Waals surface area contributed by atoms with Gasteiger partial charge in [0.1, 0.15) is 5.75 Å². The maximum atomic E-state index is 12.4. The van der Waals surface area contributed by atoms with Gasteiger partial charge in [-0.1, -0.05) is 0 Å². The third-order valence-corrected chi connectivity index (χ3v) is 3.98. The molecule has 0 aliphatic carbocycles. The number of non-ortho nitro benzene ring substituents is 2. The van der Waals surface area contributed by atoms with Gasteiger partial charge < -0.3 is 15.4 Å². The molecule has 28 heavy (non-hydrogen) atoms. The van der Waals surface area contributed by atoms with Crippen molar-refractivity contribution in [2.75, 3.05) is 10.6 Å². The summed E-state index contributed by atoms with van der Waals surface area (Å²) in [7, 11) is 0. The Bertz CT molecular complexity index is 1000. The summed E-state index contributed by atoms with van der Waals surface area (Å²) in [6.45, 7) is 3.21. The average molecular weight is 386 g/mol. The van der Waals surface area contributed by atoms with Gasteiger partial charge in [0.25, 0.3) is 23.2 Å². The first-order chi connectivity index (χ1) is 13.1. The van der Waals surface area contributed by atoms with Gasteiger partial charge in [0.05, 0.1) is 27.2 Å². The Morgan fingerprint density at radius 2 is 1.68 bits per heavy atom. The van der Waals surface area contributed by atoms with Gasteiger partial charge in [0, 0.05) is 17.8 Å². The lowest BCUT2D eigenvalue weighted by molar-refractivity contribution is -0.394. The Hall–Kier alpha value is -4.02. The zero-order valence-electron chi connectivity index (χ0n) is 14.7. The summed E-state index contributed by atoms with van der Waals surface area (Å²) >= 11 is 0. The summed E-state index contributed by atoms with van der Waals surface area (Å²) in [6.07, 6.45) is 0. The second-order valence-electron chi connectivity index (χ2n) is 6.48. The normalized spacial score (nSPS) is 14.3. The number of benzene rings is 2. The van der Waals surface area contributed by atoms with E-state index >= 15 is 0 Å². The predicted octanol–water partition coefficient (Wildman–Crippen LogP) is 2.86. The lowest BCUT2D eigenvalue weighted by Gasteiger charge is -2.31. The molecule has 11 heteroatoms. The highest BCUT2D eigenvalue weighted by Gasteiger charge is 2.35. The van der Waals surface area contributed by atoms with E-state index in [4.69, 9.17) is 4.74 Å². The second-order valence-corrected chi connectivity index (χ2v) is 6.48. The monoisotopic (exact) mass is 386 g/mol. The number of ether oxygens (including phenoxy) is 1. The zero-order valence-corrected chi connectivity index (χ0v) is 14.7. The van der Waals surface area contributed by atoms with Gasteiger partial charge in [-0.15, -0.1) is 0 Å². The molecule has 2 aromatic carbocycles. The first kappa shape index (κ1) is 18.8. The van der Waals surface area contributed by atoms with E-state index in [0.29, 0.717) is 11.4 Å².